The van der Waals surface area contributed by atoms with E-state index in [0.29, 0.717) is 30.4 Å². The van der Waals surface area contributed by atoms with Crippen LogP contribution >= 0.6 is 0 Å². The number of para-hydroxylation sites is 1. The molecule has 2 aliphatic rings. The van der Waals surface area contributed by atoms with Crippen molar-refractivity contribution < 1.29 is 24.2 Å². The molecule has 0 bridgehead atoms. The lowest BCUT2D eigenvalue weighted by molar-refractivity contribution is -0.141. The molecule has 3 rings (SSSR count). The van der Waals surface area contributed by atoms with Gasteiger partial charge < -0.3 is 19.5 Å². The third-order valence-electron chi connectivity index (χ3n) is 5.76. The number of likely N-dealkylation sites (tertiary alicyclic amines) is 1. The van der Waals surface area contributed by atoms with Crippen LogP contribution in [-0.4, -0.2) is 49.2 Å². The summed E-state index contributed by atoms with van der Waals surface area (Å²) in [5, 5.41) is 9.71. The normalized spacial score (nSPS) is 23.2. The summed E-state index contributed by atoms with van der Waals surface area (Å²) in [6, 6.07) is 5.49. The minimum absolute atomic E-state index is 0.0764. The number of carboxylic acids is 1. The minimum atomic E-state index is -0.879. The molecular weight excluding hydrogens is 334 g/mol. The van der Waals surface area contributed by atoms with Gasteiger partial charge in [-0.25, -0.2) is 0 Å². The predicted molar refractivity (Wildman–Crippen MR) is 96.6 cm³/mol. The van der Waals surface area contributed by atoms with Crippen LogP contribution in [0.15, 0.2) is 18.2 Å². The van der Waals surface area contributed by atoms with Gasteiger partial charge in [0.15, 0.2) is 11.5 Å². The Kier molecular flexibility index (Phi) is 5.69. The number of carbonyl (C=O) groups excluding carboxylic acids is 1. The lowest BCUT2D eigenvalue weighted by Gasteiger charge is -2.20. The van der Waals surface area contributed by atoms with E-state index in [-0.39, 0.29) is 18.4 Å². The van der Waals surface area contributed by atoms with Crippen LogP contribution in [0.3, 0.4) is 0 Å². The van der Waals surface area contributed by atoms with Crippen molar-refractivity contribution in [2.45, 2.75) is 38.0 Å². The second-order valence-corrected chi connectivity index (χ2v) is 7.29. The highest BCUT2D eigenvalue weighted by Crippen LogP contribution is 2.42. The van der Waals surface area contributed by atoms with Gasteiger partial charge in [0.25, 0.3) is 0 Å². The van der Waals surface area contributed by atoms with Crippen molar-refractivity contribution in [2.75, 3.05) is 27.3 Å². The average Bonchev–Trinajstić information content (AvgIpc) is 3.30. The van der Waals surface area contributed by atoms with Crippen LogP contribution < -0.4 is 9.47 Å². The van der Waals surface area contributed by atoms with E-state index in [9.17, 15) is 14.7 Å². The van der Waals surface area contributed by atoms with Gasteiger partial charge in [-0.2, -0.15) is 0 Å². The van der Waals surface area contributed by atoms with Crippen molar-refractivity contribution in [2.24, 2.45) is 11.8 Å². The fraction of sp³-hybridized carbons (Fsp3) is 0.600. The van der Waals surface area contributed by atoms with E-state index in [1.807, 2.05) is 12.1 Å². The molecule has 1 N–H and O–H groups in total. The van der Waals surface area contributed by atoms with Crippen LogP contribution in [0.25, 0.3) is 0 Å². The van der Waals surface area contributed by atoms with Crippen molar-refractivity contribution in [3.8, 4) is 11.5 Å². The average molecular weight is 361 g/mol. The minimum Gasteiger partial charge on any atom is -0.493 e. The number of rotatable bonds is 6. The summed E-state index contributed by atoms with van der Waals surface area (Å²) >= 11 is 0. The lowest BCUT2D eigenvalue weighted by Crippen LogP contribution is -2.31. The molecule has 142 valence electrons. The molecular formula is C20H27NO5. The van der Waals surface area contributed by atoms with Gasteiger partial charge in [0.05, 0.1) is 20.1 Å². The second kappa shape index (κ2) is 7.98. The zero-order valence-electron chi connectivity index (χ0n) is 15.4. The maximum Gasteiger partial charge on any atom is 0.308 e. The maximum atomic E-state index is 12.7. The van der Waals surface area contributed by atoms with Crippen LogP contribution in [0.5, 0.6) is 11.5 Å². The fourth-order valence-electron chi connectivity index (χ4n) is 4.37. The molecule has 0 spiro atoms. The Morgan fingerprint density at radius 2 is 1.88 bits per heavy atom. The SMILES string of the molecule is COc1cccc([C@@H]2CN(C(=O)CC3CCCC3)C[C@H]2C(=O)O)c1OC. The third kappa shape index (κ3) is 3.64. The first-order valence-electron chi connectivity index (χ1n) is 9.26. The van der Waals surface area contributed by atoms with Crippen molar-refractivity contribution in [3.05, 3.63) is 23.8 Å². The van der Waals surface area contributed by atoms with Crippen LogP contribution in [0.4, 0.5) is 0 Å². The Bertz CT molecular complexity index is 668. The van der Waals surface area contributed by atoms with Gasteiger partial charge in [-0.3, -0.25) is 9.59 Å². The number of benzene rings is 1. The smallest absolute Gasteiger partial charge is 0.308 e. The number of methoxy groups -OCH3 is 2. The largest absolute Gasteiger partial charge is 0.493 e. The topological polar surface area (TPSA) is 76.1 Å². The summed E-state index contributed by atoms with van der Waals surface area (Å²) in [5.74, 6) is -0.158. The molecule has 1 aromatic carbocycles. The molecule has 1 aliphatic heterocycles. The van der Waals surface area contributed by atoms with Crippen molar-refractivity contribution >= 4 is 11.9 Å². The second-order valence-electron chi connectivity index (χ2n) is 7.29. The Balaban J connectivity index is 1.82. The molecule has 1 aliphatic carbocycles. The molecule has 1 saturated carbocycles. The number of hydrogen-bond donors (Lipinski definition) is 1. The highest BCUT2D eigenvalue weighted by atomic mass is 16.5. The molecule has 1 aromatic rings. The van der Waals surface area contributed by atoms with E-state index in [4.69, 9.17) is 9.47 Å². The summed E-state index contributed by atoms with van der Waals surface area (Å²) < 4.78 is 10.8. The Hall–Kier alpha value is -2.24. The monoisotopic (exact) mass is 361 g/mol. The first-order valence-corrected chi connectivity index (χ1v) is 9.26. The van der Waals surface area contributed by atoms with E-state index in [2.05, 4.69) is 0 Å². The van der Waals surface area contributed by atoms with Crippen LogP contribution in [0.2, 0.25) is 0 Å². The van der Waals surface area contributed by atoms with Gasteiger partial charge in [-0.05, 0) is 24.8 Å². The van der Waals surface area contributed by atoms with Gasteiger partial charge in [0, 0.05) is 31.0 Å². The highest BCUT2D eigenvalue weighted by Gasteiger charge is 2.42. The Morgan fingerprint density at radius 3 is 2.50 bits per heavy atom. The summed E-state index contributed by atoms with van der Waals surface area (Å²) in [6.07, 6.45) is 5.14. The summed E-state index contributed by atoms with van der Waals surface area (Å²) in [6.45, 7) is 0.665. The van der Waals surface area contributed by atoms with E-state index in [1.54, 1.807) is 25.2 Å². The molecule has 2 fully saturated rings. The standard InChI is InChI=1S/C20H27NO5/c1-25-17-9-5-8-14(19(17)26-2)15-11-21(12-16(15)20(23)24)18(22)10-13-6-3-4-7-13/h5,8-9,13,15-16H,3-4,6-7,10-12H2,1-2H3,(H,23,24)/t15-,16+/m0/s1. The number of aliphatic carboxylic acids is 1. The van der Waals surface area contributed by atoms with Crippen LogP contribution in [0.1, 0.15) is 43.6 Å². The fourth-order valence-corrected chi connectivity index (χ4v) is 4.37. The number of hydrogen-bond acceptors (Lipinski definition) is 4. The molecule has 0 radical (unpaired) electrons. The lowest BCUT2D eigenvalue weighted by atomic mass is 9.88. The number of amides is 1. The van der Waals surface area contributed by atoms with Crippen LogP contribution in [-0.2, 0) is 9.59 Å². The molecule has 26 heavy (non-hydrogen) atoms. The molecule has 1 amide bonds. The van der Waals surface area contributed by atoms with Gasteiger partial charge in [-0.15, -0.1) is 0 Å². The number of carboxylic acid groups (broad SMARTS) is 1. The zero-order valence-corrected chi connectivity index (χ0v) is 15.4. The molecule has 1 saturated heterocycles. The number of carbonyl (C=O) groups is 2. The van der Waals surface area contributed by atoms with Crippen LogP contribution in [0, 0.1) is 11.8 Å². The molecule has 6 heteroatoms. The predicted octanol–water partition coefficient (Wildman–Crippen LogP) is 2.91. The van der Waals surface area contributed by atoms with Gasteiger partial charge in [0.1, 0.15) is 0 Å². The highest BCUT2D eigenvalue weighted by molar-refractivity contribution is 5.80. The third-order valence-corrected chi connectivity index (χ3v) is 5.76. The maximum absolute atomic E-state index is 12.7. The quantitative estimate of drug-likeness (QED) is 0.843. The molecule has 1 heterocycles. The molecule has 6 nitrogen and oxygen atoms in total. The van der Waals surface area contributed by atoms with E-state index in [1.165, 1.54) is 12.8 Å². The molecule has 0 unspecified atom stereocenters. The number of nitrogens with zero attached hydrogens (tertiary/aromatic N) is 1. The molecule has 0 aromatic heterocycles. The van der Waals surface area contributed by atoms with E-state index < -0.39 is 11.9 Å². The first-order chi connectivity index (χ1) is 12.5. The Morgan fingerprint density at radius 1 is 1.15 bits per heavy atom. The summed E-state index contributed by atoms with van der Waals surface area (Å²) in [4.78, 5) is 26.3. The van der Waals surface area contributed by atoms with Gasteiger partial charge in [0.2, 0.25) is 5.91 Å². The van der Waals surface area contributed by atoms with E-state index >= 15 is 0 Å². The van der Waals surface area contributed by atoms with Gasteiger partial charge >= 0.3 is 5.97 Å². The zero-order chi connectivity index (χ0) is 18.7. The first kappa shape index (κ1) is 18.5. The Labute approximate surface area is 154 Å². The van der Waals surface area contributed by atoms with Gasteiger partial charge in [-0.1, -0.05) is 25.0 Å². The van der Waals surface area contributed by atoms with Crippen molar-refractivity contribution in [1.82, 2.24) is 4.90 Å². The number of ether oxygens (including phenoxy) is 2. The van der Waals surface area contributed by atoms with Crippen molar-refractivity contribution in [1.29, 1.82) is 0 Å². The summed E-state index contributed by atoms with van der Waals surface area (Å²) in [5.41, 5.74) is 0.787. The van der Waals surface area contributed by atoms with Crippen molar-refractivity contribution in [3.63, 3.8) is 0 Å². The van der Waals surface area contributed by atoms with E-state index in [0.717, 1.165) is 18.4 Å². The summed E-state index contributed by atoms with van der Waals surface area (Å²) in [7, 11) is 3.11. The molecule has 2 atom stereocenters.